The van der Waals surface area contributed by atoms with Gasteiger partial charge < -0.3 is 14.2 Å². The molecule has 23 heavy (non-hydrogen) atoms. The van der Waals surface area contributed by atoms with Gasteiger partial charge in [0.2, 0.25) is 17.6 Å². The standard InChI is InChI=1S/C15H19N5O3/c1-2-22-10-13(21)20-8-5-11(6-9-20)15-17-14(19-23-15)12-4-3-7-16-18-12/h3-4,7,11H,2,5-6,8-10H2,1H3. The molecule has 0 saturated carbocycles. The summed E-state index contributed by atoms with van der Waals surface area (Å²) in [6.07, 6.45) is 3.21. The van der Waals surface area contributed by atoms with Crippen molar-refractivity contribution >= 4 is 5.91 Å². The lowest BCUT2D eigenvalue weighted by atomic mass is 9.97. The number of carbonyl (C=O) groups excluding carboxylic acids is 1. The molecule has 1 amide bonds. The normalized spacial score (nSPS) is 15.8. The van der Waals surface area contributed by atoms with Gasteiger partial charge in [-0.15, -0.1) is 5.10 Å². The van der Waals surface area contributed by atoms with Crippen molar-refractivity contribution in [3.8, 4) is 11.5 Å². The highest BCUT2D eigenvalue weighted by Crippen LogP contribution is 2.28. The highest BCUT2D eigenvalue weighted by molar-refractivity contribution is 5.77. The molecule has 0 aliphatic carbocycles. The van der Waals surface area contributed by atoms with E-state index in [2.05, 4.69) is 20.3 Å². The van der Waals surface area contributed by atoms with Gasteiger partial charge in [-0.2, -0.15) is 10.1 Å². The fourth-order valence-electron chi connectivity index (χ4n) is 2.58. The Morgan fingerprint density at radius 1 is 1.43 bits per heavy atom. The molecule has 1 aliphatic heterocycles. The summed E-state index contributed by atoms with van der Waals surface area (Å²) in [5, 5.41) is 11.7. The summed E-state index contributed by atoms with van der Waals surface area (Å²) >= 11 is 0. The van der Waals surface area contributed by atoms with Gasteiger partial charge in [-0.25, -0.2) is 0 Å². The van der Waals surface area contributed by atoms with Crippen molar-refractivity contribution in [3.05, 3.63) is 24.2 Å². The Bertz CT molecular complexity index is 638. The zero-order valence-corrected chi connectivity index (χ0v) is 13.0. The van der Waals surface area contributed by atoms with Gasteiger partial charge in [-0.3, -0.25) is 4.79 Å². The van der Waals surface area contributed by atoms with E-state index in [1.54, 1.807) is 18.3 Å². The molecule has 1 aliphatic rings. The Hall–Kier alpha value is -2.35. The number of nitrogens with zero attached hydrogens (tertiary/aromatic N) is 5. The molecule has 2 aromatic rings. The van der Waals surface area contributed by atoms with E-state index in [0.29, 0.717) is 37.1 Å². The van der Waals surface area contributed by atoms with Gasteiger partial charge in [0.05, 0.1) is 0 Å². The Morgan fingerprint density at radius 2 is 2.26 bits per heavy atom. The molecule has 122 valence electrons. The molecule has 0 bridgehead atoms. The number of hydrogen-bond acceptors (Lipinski definition) is 7. The minimum Gasteiger partial charge on any atom is -0.372 e. The summed E-state index contributed by atoms with van der Waals surface area (Å²) in [6, 6.07) is 3.57. The van der Waals surface area contributed by atoms with E-state index in [-0.39, 0.29) is 18.4 Å². The van der Waals surface area contributed by atoms with Crippen molar-refractivity contribution in [2.75, 3.05) is 26.3 Å². The smallest absolute Gasteiger partial charge is 0.248 e. The highest BCUT2D eigenvalue weighted by Gasteiger charge is 2.27. The van der Waals surface area contributed by atoms with E-state index >= 15 is 0 Å². The maximum atomic E-state index is 11.9. The van der Waals surface area contributed by atoms with E-state index < -0.39 is 0 Å². The van der Waals surface area contributed by atoms with Crippen molar-refractivity contribution in [2.45, 2.75) is 25.7 Å². The molecule has 8 heteroatoms. The molecule has 0 atom stereocenters. The number of piperidine rings is 1. The van der Waals surface area contributed by atoms with Crippen LogP contribution in [0.2, 0.25) is 0 Å². The number of amides is 1. The third-order valence-electron chi connectivity index (χ3n) is 3.87. The Labute approximate surface area is 133 Å². The Morgan fingerprint density at radius 3 is 2.96 bits per heavy atom. The molecule has 1 fully saturated rings. The molecule has 3 heterocycles. The fourth-order valence-corrected chi connectivity index (χ4v) is 2.58. The Balaban J connectivity index is 1.58. The lowest BCUT2D eigenvalue weighted by Crippen LogP contribution is -2.40. The molecule has 1 saturated heterocycles. The van der Waals surface area contributed by atoms with Crippen LogP contribution in [0.1, 0.15) is 31.6 Å². The van der Waals surface area contributed by atoms with Gasteiger partial charge in [-0.05, 0) is 31.9 Å². The summed E-state index contributed by atoms with van der Waals surface area (Å²) in [7, 11) is 0. The topological polar surface area (TPSA) is 94.2 Å². The zero-order valence-electron chi connectivity index (χ0n) is 13.0. The third kappa shape index (κ3) is 3.70. The summed E-state index contributed by atoms with van der Waals surface area (Å²) < 4.78 is 10.5. The van der Waals surface area contributed by atoms with Crippen LogP contribution < -0.4 is 0 Å². The lowest BCUT2D eigenvalue weighted by Gasteiger charge is -2.30. The fraction of sp³-hybridized carbons (Fsp3) is 0.533. The summed E-state index contributed by atoms with van der Waals surface area (Å²) in [6.45, 7) is 3.94. The summed E-state index contributed by atoms with van der Waals surface area (Å²) in [5.41, 5.74) is 0.590. The van der Waals surface area contributed by atoms with Gasteiger partial charge in [0.1, 0.15) is 12.3 Å². The van der Waals surface area contributed by atoms with Gasteiger partial charge in [0, 0.05) is 31.8 Å². The number of likely N-dealkylation sites (tertiary alicyclic amines) is 1. The van der Waals surface area contributed by atoms with Gasteiger partial charge in [0.25, 0.3) is 0 Å². The average molecular weight is 317 g/mol. The van der Waals surface area contributed by atoms with Crippen LogP contribution in [0.4, 0.5) is 0 Å². The maximum Gasteiger partial charge on any atom is 0.248 e. The monoisotopic (exact) mass is 317 g/mol. The van der Waals surface area contributed by atoms with Gasteiger partial charge in [-0.1, -0.05) is 5.16 Å². The van der Waals surface area contributed by atoms with E-state index in [4.69, 9.17) is 9.26 Å². The first kappa shape index (κ1) is 15.5. The first-order valence-electron chi connectivity index (χ1n) is 7.75. The average Bonchev–Trinajstić information content (AvgIpc) is 3.11. The molecule has 0 radical (unpaired) electrons. The van der Waals surface area contributed by atoms with Crippen LogP contribution >= 0.6 is 0 Å². The molecular formula is C15H19N5O3. The first-order chi connectivity index (χ1) is 11.3. The van der Waals surface area contributed by atoms with Crippen molar-refractivity contribution in [1.82, 2.24) is 25.2 Å². The van der Waals surface area contributed by atoms with E-state index in [0.717, 1.165) is 12.8 Å². The van der Waals surface area contributed by atoms with Crippen molar-refractivity contribution in [3.63, 3.8) is 0 Å². The quantitative estimate of drug-likeness (QED) is 0.819. The molecular weight excluding hydrogens is 298 g/mol. The van der Waals surface area contributed by atoms with Crippen LogP contribution in [0.5, 0.6) is 0 Å². The van der Waals surface area contributed by atoms with Crippen LogP contribution in [-0.2, 0) is 9.53 Å². The van der Waals surface area contributed by atoms with Crippen LogP contribution in [0.3, 0.4) is 0 Å². The minimum absolute atomic E-state index is 0.0380. The van der Waals surface area contributed by atoms with Crippen LogP contribution in [0.25, 0.3) is 11.5 Å². The predicted molar refractivity (Wildman–Crippen MR) is 80.4 cm³/mol. The van der Waals surface area contributed by atoms with Gasteiger partial charge in [0.15, 0.2) is 0 Å². The number of carbonyl (C=O) groups is 1. The lowest BCUT2D eigenvalue weighted by molar-refractivity contribution is -0.137. The molecule has 3 rings (SSSR count). The maximum absolute atomic E-state index is 11.9. The minimum atomic E-state index is 0.0380. The summed E-state index contributed by atoms with van der Waals surface area (Å²) in [4.78, 5) is 18.2. The molecule has 0 spiro atoms. The van der Waals surface area contributed by atoms with Crippen molar-refractivity contribution in [1.29, 1.82) is 0 Å². The molecule has 2 aromatic heterocycles. The molecule has 8 nitrogen and oxygen atoms in total. The predicted octanol–water partition coefficient (Wildman–Crippen LogP) is 1.27. The second-order valence-corrected chi connectivity index (χ2v) is 5.36. The Kier molecular flexibility index (Phi) is 4.92. The van der Waals surface area contributed by atoms with Crippen molar-refractivity contribution < 1.29 is 14.1 Å². The largest absolute Gasteiger partial charge is 0.372 e. The van der Waals surface area contributed by atoms with E-state index in [9.17, 15) is 4.79 Å². The second kappa shape index (κ2) is 7.28. The molecule has 0 N–H and O–H groups in total. The van der Waals surface area contributed by atoms with E-state index in [1.165, 1.54) is 0 Å². The van der Waals surface area contributed by atoms with Gasteiger partial charge >= 0.3 is 0 Å². The number of ether oxygens (including phenoxy) is 1. The number of hydrogen-bond donors (Lipinski definition) is 0. The first-order valence-corrected chi connectivity index (χ1v) is 7.75. The zero-order chi connectivity index (χ0) is 16.1. The third-order valence-corrected chi connectivity index (χ3v) is 3.87. The van der Waals surface area contributed by atoms with E-state index in [1.807, 2.05) is 11.8 Å². The van der Waals surface area contributed by atoms with Crippen LogP contribution in [0.15, 0.2) is 22.9 Å². The SMILES string of the molecule is CCOCC(=O)N1CCC(c2nc(-c3cccnn3)no2)CC1. The number of rotatable bonds is 5. The molecule has 0 aromatic carbocycles. The second-order valence-electron chi connectivity index (χ2n) is 5.36. The highest BCUT2D eigenvalue weighted by atomic mass is 16.5. The van der Waals surface area contributed by atoms with Crippen LogP contribution in [-0.4, -0.2) is 57.4 Å². The number of aromatic nitrogens is 4. The molecule has 0 unspecified atom stereocenters. The van der Waals surface area contributed by atoms with Crippen molar-refractivity contribution in [2.24, 2.45) is 0 Å². The summed E-state index contributed by atoms with van der Waals surface area (Å²) in [5.74, 6) is 1.26. The van der Waals surface area contributed by atoms with Crippen LogP contribution in [0, 0.1) is 0 Å².